The number of rotatable bonds is 3. The molecule has 1 heteroatoms. The summed E-state index contributed by atoms with van der Waals surface area (Å²) in [5, 5.41) is 8.78. The second-order valence-corrected chi connectivity index (χ2v) is 2.80. The molecule has 0 aliphatic heterocycles. The van der Waals surface area contributed by atoms with Crippen LogP contribution in [0.4, 0.5) is 0 Å². The second-order valence-electron chi connectivity index (χ2n) is 2.80. The second kappa shape index (κ2) is 4.57. The predicted octanol–water partition coefficient (Wildman–Crippen LogP) is 1.97. The van der Waals surface area contributed by atoms with Crippen molar-refractivity contribution in [2.75, 3.05) is 0 Å². The molecule has 0 aromatic heterocycles. The molecule has 1 atom stereocenters. The van der Waals surface area contributed by atoms with Crippen LogP contribution in [0.1, 0.15) is 27.2 Å². The maximum Gasteiger partial charge on any atom is 0.0692 e. The first-order valence-electron chi connectivity index (χ1n) is 3.47. The molecule has 0 aliphatic carbocycles. The van der Waals surface area contributed by atoms with Crippen LogP contribution in [0, 0.1) is 5.92 Å². The normalized spacial score (nSPS) is 15.2. The standard InChI is InChI=1S/C8H16O/c1-7(2)5-4-6-8(3)9/h4,6-9H,5H2,1-3H3/b6-4+/t8-/m1/s1. The fraction of sp³-hybridized carbons (Fsp3) is 0.750. The molecule has 0 radical (unpaired) electrons. The minimum atomic E-state index is -0.288. The fourth-order valence-corrected chi connectivity index (χ4v) is 0.548. The Kier molecular flexibility index (Phi) is 4.41. The Morgan fingerprint density at radius 2 is 1.89 bits per heavy atom. The predicted molar refractivity (Wildman–Crippen MR) is 40.3 cm³/mol. The van der Waals surface area contributed by atoms with Gasteiger partial charge in [0, 0.05) is 0 Å². The van der Waals surface area contributed by atoms with Gasteiger partial charge in [0.15, 0.2) is 0 Å². The lowest BCUT2D eigenvalue weighted by Crippen LogP contribution is -1.92. The monoisotopic (exact) mass is 128 g/mol. The van der Waals surface area contributed by atoms with Gasteiger partial charge in [0.05, 0.1) is 6.10 Å². The fourth-order valence-electron chi connectivity index (χ4n) is 0.548. The maximum absolute atomic E-state index is 8.78. The van der Waals surface area contributed by atoms with Gasteiger partial charge in [-0.2, -0.15) is 0 Å². The first-order valence-corrected chi connectivity index (χ1v) is 3.47. The number of allylic oxidation sites excluding steroid dienone is 1. The van der Waals surface area contributed by atoms with Gasteiger partial charge in [-0.3, -0.25) is 0 Å². The van der Waals surface area contributed by atoms with Gasteiger partial charge in [0.25, 0.3) is 0 Å². The average molecular weight is 128 g/mol. The van der Waals surface area contributed by atoms with Crippen molar-refractivity contribution in [1.82, 2.24) is 0 Å². The van der Waals surface area contributed by atoms with Crippen LogP contribution in [0.25, 0.3) is 0 Å². The molecule has 0 saturated carbocycles. The van der Waals surface area contributed by atoms with Gasteiger partial charge in [-0.05, 0) is 19.3 Å². The maximum atomic E-state index is 8.78. The number of aliphatic hydroxyl groups is 1. The molecule has 0 aromatic carbocycles. The highest BCUT2D eigenvalue weighted by atomic mass is 16.3. The van der Waals surface area contributed by atoms with E-state index in [1.807, 2.05) is 12.2 Å². The van der Waals surface area contributed by atoms with E-state index in [0.717, 1.165) is 6.42 Å². The Labute approximate surface area is 57.4 Å². The highest BCUT2D eigenvalue weighted by Gasteiger charge is 1.88. The van der Waals surface area contributed by atoms with Crippen molar-refractivity contribution in [1.29, 1.82) is 0 Å². The molecule has 0 unspecified atom stereocenters. The van der Waals surface area contributed by atoms with Crippen LogP contribution in [0.15, 0.2) is 12.2 Å². The molecule has 0 heterocycles. The van der Waals surface area contributed by atoms with Gasteiger partial charge in [0.2, 0.25) is 0 Å². The van der Waals surface area contributed by atoms with E-state index in [1.54, 1.807) is 6.92 Å². The van der Waals surface area contributed by atoms with E-state index in [0.29, 0.717) is 5.92 Å². The van der Waals surface area contributed by atoms with E-state index in [1.165, 1.54) is 0 Å². The van der Waals surface area contributed by atoms with Crippen LogP contribution < -0.4 is 0 Å². The molecule has 0 bridgehead atoms. The first-order chi connectivity index (χ1) is 4.13. The molecule has 0 fully saturated rings. The lowest BCUT2D eigenvalue weighted by Gasteiger charge is -1.97. The minimum absolute atomic E-state index is 0.288. The van der Waals surface area contributed by atoms with Crippen molar-refractivity contribution in [2.45, 2.75) is 33.3 Å². The van der Waals surface area contributed by atoms with E-state index >= 15 is 0 Å². The summed E-state index contributed by atoms with van der Waals surface area (Å²) in [5.41, 5.74) is 0. The Balaban J connectivity index is 3.25. The summed E-state index contributed by atoms with van der Waals surface area (Å²) in [5.74, 6) is 0.694. The van der Waals surface area contributed by atoms with Crippen LogP contribution in [0.5, 0.6) is 0 Å². The number of aliphatic hydroxyl groups excluding tert-OH is 1. The summed E-state index contributed by atoms with van der Waals surface area (Å²) in [6, 6.07) is 0. The molecule has 0 amide bonds. The molecule has 1 N–H and O–H groups in total. The quantitative estimate of drug-likeness (QED) is 0.576. The average Bonchev–Trinajstić information content (AvgIpc) is 1.63. The van der Waals surface area contributed by atoms with Gasteiger partial charge in [-0.15, -0.1) is 0 Å². The van der Waals surface area contributed by atoms with Crippen molar-refractivity contribution in [3.05, 3.63) is 12.2 Å². The SMILES string of the molecule is CC(C)C/C=C/[C@@H](C)O. The molecule has 0 rings (SSSR count). The lowest BCUT2D eigenvalue weighted by molar-refractivity contribution is 0.243. The van der Waals surface area contributed by atoms with E-state index in [-0.39, 0.29) is 6.10 Å². The smallest absolute Gasteiger partial charge is 0.0692 e. The van der Waals surface area contributed by atoms with Gasteiger partial charge < -0.3 is 5.11 Å². The van der Waals surface area contributed by atoms with Gasteiger partial charge >= 0.3 is 0 Å². The molecular weight excluding hydrogens is 112 g/mol. The Morgan fingerprint density at radius 3 is 2.22 bits per heavy atom. The Bertz CT molecular complexity index is 82.6. The zero-order valence-corrected chi connectivity index (χ0v) is 6.46. The first kappa shape index (κ1) is 8.70. The molecule has 0 aliphatic rings. The van der Waals surface area contributed by atoms with Gasteiger partial charge in [0.1, 0.15) is 0 Å². The van der Waals surface area contributed by atoms with Gasteiger partial charge in [-0.1, -0.05) is 26.0 Å². The summed E-state index contributed by atoms with van der Waals surface area (Å²) in [6.45, 7) is 6.08. The summed E-state index contributed by atoms with van der Waals surface area (Å²) >= 11 is 0. The van der Waals surface area contributed by atoms with Crippen LogP contribution in [-0.4, -0.2) is 11.2 Å². The molecule has 0 spiro atoms. The van der Waals surface area contributed by atoms with Crippen LogP contribution in [0.3, 0.4) is 0 Å². The number of hydrogen-bond acceptors (Lipinski definition) is 1. The molecule has 9 heavy (non-hydrogen) atoms. The van der Waals surface area contributed by atoms with Crippen molar-refractivity contribution >= 4 is 0 Å². The molecule has 54 valence electrons. The summed E-state index contributed by atoms with van der Waals surface area (Å²) in [7, 11) is 0. The van der Waals surface area contributed by atoms with Crippen LogP contribution in [-0.2, 0) is 0 Å². The van der Waals surface area contributed by atoms with Crippen LogP contribution >= 0.6 is 0 Å². The summed E-state index contributed by atoms with van der Waals surface area (Å²) < 4.78 is 0. The zero-order valence-electron chi connectivity index (χ0n) is 6.46. The third-order valence-electron chi connectivity index (χ3n) is 1.02. The summed E-state index contributed by atoms with van der Waals surface area (Å²) in [4.78, 5) is 0. The van der Waals surface area contributed by atoms with E-state index in [9.17, 15) is 0 Å². The summed E-state index contributed by atoms with van der Waals surface area (Å²) in [6.07, 6.45) is 4.61. The van der Waals surface area contributed by atoms with Crippen molar-refractivity contribution < 1.29 is 5.11 Å². The molecule has 1 nitrogen and oxygen atoms in total. The minimum Gasteiger partial charge on any atom is -0.389 e. The van der Waals surface area contributed by atoms with E-state index in [4.69, 9.17) is 5.11 Å². The third-order valence-corrected chi connectivity index (χ3v) is 1.02. The molecule has 0 saturated heterocycles. The molecular formula is C8H16O. The van der Waals surface area contributed by atoms with Crippen LogP contribution in [0.2, 0.25) is 0 Å². The van der Waals surface area contributed by atoms with E-state index < -0.39 is 0 Å². The van der Waals surface area contributed by atoms with Crippen molar-refractivity contribution in [2.24, 2.45) is 5.92 Å². The third kappa shape index (κ3) is 7.70. The van der Waals surface area contributed by atoms with Crippen molar-refractivity contribution in [3.8, 4) is 0 Å². The topological polar surface area (TPSA) is 20.2 Å². The molecule has 0 aromatic rings. The van der Waals surface area contributed by atoms with E-state index in [2.05, 4.69) is 13.8 Å². The highest BCUT2D eigenvalue weighted by molar-refractivity contribution is 4.86. The number of hydrogen-bond donors (Lipinski definition) is 1. The Hall–Kier alpha value is -0.300. The Morgan fingerprint density at radius 1 is 1.33 bits per heavy atom. The van der Waals surface area contributed by atoms with Gasteiger partial charge in [-0.25, -0.2) is 0 Å². The van der Waals surface area contributed by atoms with Crippen molar-refractivity contribution in [3.63, 3.8) is 0 Å². The largest absolute Gasteiger partial charge is 0.389 e. The lowest BCUT2D eigenvalue weighted by atomic mass is 10.1. The zero-order chi connectivity index (χ0) is 7.28. The highest BCUT2D eigenvalue weighted by Crippen LogP contribution is 2.00.